The number of hydrogen-bond acceptors (Lipinski definition) is 3. The van der Waals surface area contributed by atoms with Gasteiger partial charge in [-0.15, -0.1) is 0 Å². The topological polar surface area (TPSA) is 70.7 Å². The zero-order valence-corrected chi connectivity index (χ0v) is 11.9. The van der Waals surface area contributed by atoms with Crippen molar-refractivity contribution in [2.75, 3.05) is 5.32 Å². The fraction of sp³-hybridized carbons (Fsp3) is 0. The van der Waals surface area contributed by atoms with E-state index in [0.29, 0.717) is 16.9 Å². The molecule has 0 atom stereocenters. The Hall–Kier alpha value is -3.46. The maximum atomic E-state index is 12.9. The van der Waals surface area contributed by atoms with Crippen LogP contribution in [0.3, 0.4) is 0 Å². The minimum absolute atomic E-state index is 0.235. The number of hydrogen-bond donors (Lipinski definition) is 1. The fourth-order valence-electron chi connectivity index (χ4n) is 2.01. The summed E-state index contributed by atoms with van der Waals surface area (Å²) < 4.78 is 14.4. The highest BCUT2D eigenvalue weighted by molar-refractivity contribution is 6.02. The summed E-state index contributed by atoms with van der Waals surface area (Å²) >= 11 is 0. The van der Waals surface area contributed by atoms with Gasteiger partial charge in [-0.1, -0.05) is 0 Å². The Morgan fingerprint density at radius 1 is 1.09 bits per heavy atom. The van der Waals surface area contributed by atoms with Crippen molar-refractivity contribution in [3.05, 3.63) is 77.9 Å². The lowest BCUT2D eigenvalue weighted by Crippen LogP contribution is -2.13. The van der Waals surface area contributed by atoms with Gasteiger partial charge in [-0.2, -0.15) is 10.4 Å². The highest BCUT2D eigenvalue weighted by Gasteiger charge is 2.10. The van der Waals surface area contributed by atoms with E-state index in [1.807, 2.05) is 6.07 Å². The quantitative estimate of drug-likeness (QED) is 0.808. The maximum Gasteiger partial charge on any atom is 0.276 e. The van der Waals surface area contributed by atoms with Crippen LogP contribution < -0.4 is 5.32 Å². The Balaban J connectivity index is 1.75. The normalized spacial score (nSPS) is 10.1. The summed E-state index contributed by atoms with van der Waals surface area (Å²) in [6.45, 7) is 0. The average Bonchev–Trinajstić information content (AvgIpc) is 3.06. The van der Waals surface area contributed by atoms with E-state index in [2.05, 4.69) is 10.4 Å². The summed E-state index contributed by atoms with van der Waals surface area (Å²) in [6.07, 6.45) is 1.63. The van der Waals surface area contributed by atoms with Gasteiger partial charge in [-0.3, -0.25) is 4.79 Å². The molecule has 23 heavy (non-hydrogen) atoms. The zero-order chi connectivity index (χ0) is 16.2. The van der Waals surface area contributed by atoms with Crippen LogP contribution in [0.2, 0.25) is 0 Å². The van der Waals surface area contributed by atoms with Crippen LogP contribution in [0.25, 0.3) is 5.69 Å². The molecular weight excluding hydrogens is 295 g/mol. The van der Waals surface area contributed by atoms with E-state index in [1.165, 1.54) is 16.8 Å². The van der Waals surface area contributed by atoms with E-state index in [9.17, 15) is 9.18 Å². The molecule has 1 N–H and O–H groups in total. The zero-order valence-electron chi connectivity index (χ0n) is 11.9. The second-order valence-corrected chi connectivity index (χ2v) is 4.77. The third-order valence-electron chi connectivity index (χ3n) is 3.18. The minimum atomic E-state index is -0.365. The van der Waals surface area contributed by atoms with Gasteiger partial charge in [0.15, 0.2) is 5.69 Å². The summed E-state index contributed by atoms with van der Waals surface area (Å²) in [5.74, 6) is -0.699. The monoisotopic (exact) mass is 306 g/mol. The number of carbonyl (C=O) groups is 1. The molecule has 0 aliphatic heterocycles. The van der Waals surface area contributed by atoms with Crippen molar-refractivity contribution in [3.8, 4) is 11.8 Å². The lowest BCUT2D eigenvalue weighted by Gasteiger charge is -2.03. The first-order valence-corrected chi connectivity index (χ1v) is 6.79. The van der Waals surface area contributed by atoms with Gasteiger partial charge >= 0.3 is 0 Å². The summed E-state index contributed by atoms with van der Waals surface area (Å²) in [5.41, 5.74) is 1.98. The molecule has 3 rings (SSSR count). The molecule has 2 aromatic carbocycles. The number of benzene rings is 2. The van der Waals surface area contributed by atoms with E-state index >= 15 is 0 Å². The third-order valence-corrected chi connectivity index (χ3v) is 3.18. The number of nitrogens with zero attached hydrogens (tertiary/aromatic N) is 3. The molecule has 6 heteroatoms. The molecule has 0 fully saturated rings. The highest BCUT2D eigenvalue weighted by Crippen LogP contribution is 2.12. The van der Waals surface area contributed by atoms with Crippen LogP contribution in [-0.2, 0) is 0 Å². The van der Waals surface area contributed by atoms with Gasteiger partial charge in [0.2, 0.25) is 0 Å². The summed E-state index contributed by atoms with van der Waals surface area (Å²) in [4.78, 5) is 12.2. The van der Waals surface area contributed by atoms with Crippen molar-refractivity contribution in [1.82, 2.24) is 9.78 Å². The summed E-state index contributed by atoms with van der Waals surface area (Å²) in [5, 5.41) is 15.6. The Labute approximate surface area is 131 Å². The number of nitrogens with one attached hydrogen (secondary N) is 1. The van der Waals surface area contributed by atoms with Crippen LogP contribution in [0.1, 0.15) is 16.1 Å². The van der Waals surface area contributed by atoms with Crippen molar-refractivity contribution in [2.24, 2.45) is 0 Å². The lowest BCUT2D eigenvalue weighted by molar-refractivity contribution is 0.102. The number of carbonyl (C=O) groups excluding carboxylic acids is 1. The molecule has 112 valence electrons. The molecule has 1 aromatic heterocycles. The molecule has 0 saturated heterocycles. The van der Waals surface area contributed by atoms with Gasteiger partial charge in [0, 0.05) is 11.9 Å². The first-order chi connectivity index (χ1) is 11.2. The largest absolute Gasteiger partial charge is 0.321 e. The second-order valence-electron chi connectivity index (χ2n) is 4.77. The summed E-state index contributed by atoms with van der Waals surface area (Å²) in [7, 11) is 0. The predicted octanol–water partition coefficient (Wildman–Crippen LogP) is 3.14. The van der Waals surface area contributed by atoms with Crippen LogP contribution in [-0.4, -0.2) is 15.7 Å². The van der Waals surface area contributed by atoms with Crippen molar-refractivity contribution in [3.63, 3.8) is 0 Å². The molecule has 0 aliphatic rings. The van der Waals surface area contributed by atoms with Crippen LogP contribution in [0, 0.1) is 17.1 Å². The van der Waals surface area contributed by atoms with Crippen LogP contribution in [0.5, 0.6) is 0 Å². The van der Waals surface area contributed by atoms with Gasteiger partial charge in [-0.05, 0) is 54.6 Å². The number of aromatic nitrogens is 2. The first-order valence-electron chi connectivity index (χ1n) is 6.79. The van der Waals surface area contributed by atoms with Crippen molar-refractivity contribution in [2.45, 2.75) is 0 Å². The van der Waals surface area contributed by atoms with Gasteiger partial charge in [0.25, 0.3) is 5.91 Å². The number of amides is 1. The van der Waals surface area contributed by atoms with E-state index in [0.717, 1.165) is 0 Å². The maximum absolute atomic E-state index is 12.9. The third kappa shape index (κ3) is 3.24. The van der Waals surface area contributed by atoms with Crippen molar-refractivity contribution < 1.29 is 9.18 Å². The van der Waals surface area contributed by atoms with Crippen molar-refractivity contribution >= 4 is 11.6 Å². The van der Waals surface area contributed by atoms with Crippen LogP contribution in [0.15, 0.2) is 60.8 Å². The van der Waals surface area contributed by atoms with E-state index in [1.54, 1.807) is 48.7 Å². The van der Waals surface area contributed by atoms with E-state index in [4.69, 9.17) is 5.26 Å². The molecule has 3 aromatic rings. The number of halogens is 1. The minimum Gasteiger partial charge on any atom is -0.321 e. The lowest BCUT2D eigenvalue weighted by atomic mass is 10.2. The van der Waals surface area contributed by atoms with Gasteiger partial charge in [-0.25, -0.2) is 9.07 Å². The second kappa shape index (κ2) is 6.12. The molecule has 1 heterocycles. The van der Waals surface area contributed by atoms with Crippen molar-refractivity contribution in [1.29, 1.82) is 5.26 Å². The Morgan fingerprint density at radius 2 is 1.78 bits per heavy atom. The van der Waals surface area contributed by atoms with Gasteiger partial charge < -0.3 is 5.32 Å². The molecule has 0 radical (unpaired) electrons. The van der Waals surface area contributed by atoms with E-state index < -0.39 is 0 Å². The number of nitriles is 1. The van der Waals surface area contributed by atoms with Crippen LogP contribution >= 0.6 is 0 Å². The molecule has 0 aliphatic carbocycles. The Bertz CT molecular complexity index is 876. The fourth-order valence-corrected chi connectivity index (χ4v) is 2.01. The van der Waals surface area contributed by atoms with Gasteiger partial charge in [0.1, 0.15) is 5.82 Å². The average molecular weight is 306 g/mol. The smallest absolute Gasteiger partial charge is 0.276 e. The Morgan fingerprint density at radius 3 is 2.43 bits per heavy atom. The molecule has 0 bridgehead atoms. The van der Waals surface area contributed by atoms with Gasteiger partial charge in [0.05, 0.1) is 17.3 Å². The molecule has 0 spiro atoms. The standard InChI is InChI=1S/C17H11FN4O/c18-13-3-7-15(8-4-13)22-10-9-16(21-22)17(23)20-14-5-1-12(11-19)2-6-14/h1-10H,(H,20,23). The number of rotatable bonds is 3. The molecular formula is C17H11FN4O. The van der Waals surface area contributed by atoms with E-state index in [-0.39, 0.29) is 17.4 Å². The molecule has 1 amide bonds. The SMILES string of the molecule is N#Cc1ccc(NC(=O)c2ccn(-c3ccc(F)cc3)n2)cc1. The van der Waals surface area contributed by atoms with Crippen LogP contribution in [0.4, 0.5) is 10.1 Å². The molecule has 5 nitrogen and oxygen atoms in total. The molecule has 0 saturated carbocycles. The molecule has 0 unspecified atom stereocenters. The Kier molecular flexibility index (Phi) is 3.85. The summed E-state index contributed by atoms with van der Waals surface area (Å²) in [6, 6.07) is 15.9. The first kappa shape index (κ1) is 14.5. The number of anilines is 1. The highest BCUT2D eigenvalue weighted by atomic mass is 19.1. The predicted molar refractivity (Wildman–Crippen MR) is 82.6 cm³/mol.